The summed E-state index contributed by atoms with van der Waals surface area (Å²) < 4.78 is 16.4. The highest BCUT2D eigenvalue weighted by atomic mass is 16.5. The maximum Gasteiger partial charge on any atom is 0.335 e. The van der Waals surface area contributed by atoms with Crippen LogP contribution in [0.5, 0.6) is 11.5 Å². The molecule has 1 heterocycles. The van der Waals surface area contributed by atoms with Gasteiger partial charge in [-0.05, 0) is 42.0 Å². The number of benzene rings is 2. The molecule has 0 spiro atoms. The summed E-state index contributed by atoms with van der Waals surface area (Å²) in [5.41, 5.74) is 2.13. The van der Waals surface area contributed by atoms with E-state index in [9.17, 15) is 4.79 Å². The highest BCUT2D eigenvalue weighted by molar-refractivity contribution is 5.88. The van der Waals surface area contributed by atoms with Crippen LogP contribution in [0.15, 0.2) is 59.0 Å². The highest BCUT2D eigenvalue weighted by Gasteiger charge is 2.10. The second-order valence-corrected chi connectivity index (χ2v) is 5.51. The van der Waals surface area contributed by atoms with E-state index in [0.717, 1.165) is 16.9 Å². The van der Waals surface area contributed by atoms with Crippen molar-refractivity contribution in [3.8, 4) is 22.8 Å². The zero-order chi connectivity index (χ0) is 17.8. The number of hydrogen-bond donors (Lipinski definition) is 1. The van der Waals surface area contributed by atoms with Gasteiger partial charge in [-0.3, -0.25) is 0 Å². The van der Waals surface area contributed by atoms with Gasteiger partial charge >= 0.3 is 5.97 Å². The Morgan fingerprint density at radius 3 is 2.32 bits per heavy atom. The second-order valence-electron chi connectivity index (χ2n) is 5.51. The van der Waals surface area contributed by atoms with Gasteiger partial charge in [-0.2, -0.15) is 0 Å². The van der Waals surface area contributed by atoms with Crippen molar-refractivity contribution >= 4 is 5.97 Å². The number of hydrogen-bond acceptors (Lipinski definition) is 4. The van der Waals surface area contributed by atoms with E-state index in [1.165, 1.54) is 0 Å². The van der Waals surface area contributed by atoms with Crippen molar-refractivity contribution in [3.05, 3.63) is 71.5 Å². The molecule has 3 rings (SSSR count). The van der Waals surface area contributed by atoms with E-state index in [1.54, 1.807) is 38.5 Å². The van der Waals surface area contributed by atoms with Gasteiger partial charge in [0.25, 0.3) is 0 Å². The third-order valence-corrected chi connectivity index (χ3v) is 3.90. The molecule has 0 radical (unpaired) electrons. The molecule has 2 aromatic carbocycles. The molecule has 0 atom stereocenters. The van der Waals surface area contributed by atoms with Crippen LogP contribution < -0.4 is 9.47 Å². The molecule has 0 aliphatic rings. The SMILES string of the molecule is COc1ccc(Cc2ccc(-c3ccc(C(=O)O)cc3)o2)cc1OC. The van der Waals surface area contributed by atoms with Crippen molar-refractivity contribution in [2.24, 2.45) is 0 Å². The molecular weight excluding hydrogens is 320 g/mol. The number of carboxylic acids is 1. The molecule has 0 saturated heterocycles. The Kier molecular flexibility index (Phi) is 4.75. The Hall–Kier alpha value is -3.21. The van der Waals surface area contributed by atoms with E-state index in [-0.39, 0.29) is 5.56 Å². The summed E-state index contributed by atoms with van der Waals surface area (Å²) in [6.07, 6.45) is 0.619. The topological polar surface area (TPSA) is 68.9 Å². The van der Waals surface area contributed by atoms with Crippen LogP contribution in [0.3, 0.4) is 0 Å². The molecule has 25 heavy (non-hydrogen) atoms. The number of carboxylic acid groups (broad SMARTS) is 1. The Bertz CT molecular complexity index is 877. The predicted molar refractivity (Wildman–Crippen MR) is 93.5 cm³/mol. The quantitative estimate of drug-likeness (QED) is 0.727. The summed E-state index contributed by atoms with van der Waals surface area (Å²) in [4.78, 5) is 10.9. The lowest BCUT2D eigenvalue weighted by molar-refractivity contribution is 0.0697. The molecule has 0 amide bonds. The maximum absolute atomic E-state index is 10.9. The smallest absolute Gasteiger partial charge is 0.335 e. The normalized spacial score (nSPS) is 10.5. The van der Waals surface area contributed by atoms with Gasteiger partial charge in [0.05, 0.1) is 19.8 Å². The number of rotatable bonds is 6. The predicted octanol–water partition coefficient (Wildman–Crippen LogP) is 4.25. The van der Waals surface area contributed by atoms with Crippen LogP contribution in [0.2, 0.25) is 0 Å². The van der Waals surface area contributed by atoms with E-state index in [4.69, 9.17) is 19.0 Å². The van der Waals surface area contributed by atoms with Crippen molar-refractivity contribution in [2.45, 2.75) is 6.42 Å². The third-order valence-electron chi connectivity index (χ3n) is 3.90. The van der Waals surface area contributed by atoms with Gasteiger partial charge in [-0.1, -0.05) is 18.2 Å². The first kappa shape index (κ1) is 16.6. The van der Waals surface area contributed by atoms with Gasteiger partial charge < -0.3 is 19.0 Å². The van der Waals surface area contributed by atoms with E-state index in [0.29, 0.717) is 23.7 Å². The molecule has 0 saturated carbocycles. The van der Waals surface area contributed by atoms with Crippen molar-refractivity contribution in [1.29, 1.82) is 0 Å². The molecule has 128 valence electrons. The van der Waals surface area contributed by atoms with Gasteiger partial charge in [0.1, 0.15) is 11.5 Å². The molecular formula is C20H18O5. The molecule has 0 fully saturated rings. The fraction of sp³-hybridized carbons (Fsp3) is 0.150. The van der Waals surface area contributed by atoms with E-state index >= 15 is 0 Å². The summed E-state index contributed by atoms with van der Waals surface area (Å²) in [6, 6.07) is 16.1. The fourth-order valence-corrected chi connectivity index (χ4v) is 2.60. The molecule has 0 bridgehead atoms. The van der Waals surface area contributed by atoms with Crippen LogP contribution in [0.25, 0.3) is 11.3 Å². The average molecular weight is 338 g/mol. The summed E-state index contributed by atoms with van der Waals surface area (Å²) in [5.74, 6) is 1.93. The highest BCUT2D eigenvalue weighted by Crippen LogP contribution is 2.29. The Balaban J connectivity index is 1.78. The summed E-state index contributed by atoms with van der Waals surface area (Å²) >= 11 is 0. The lowest BCUT2D eigenvalue weighted by atomic mass is 10.1. The first-order chi connectivity index (χ1) is 12.1. The van der Waals surface area contributed by atoms with Gasteiger partial charge in [-0.25, -0.2) is 4.79 Å². The molecule has 0 aliphatic carbocycles. The Morgan fingerprint density at radius 2 is 1.68 bits per heavy atom. The van der Waals surface area contributed by atoms with Crippen LogP contribution in [-0.2, 0) is 6.42 Å². The van der Waals surface area contributed by atoms with Crippen molar-refractivity contribution in [2.75, 3.05) is 14.2 Å². The van der Waals surface area contributed by atoms with Crippen LogP contribution in [-0.4, -0.2) is 25.3 Å². The van der Waals surface area contributed by atoms with Gasteiger partial charge in [0, 0.05) is 12.0 Å². The van der Waals surface area contributed by atoms with Crippen molar-refractivity contribution in [1.82, 2.24) is 0 Å². The van der Waals surface area contributed by atoms with E-state index in [1.807, 2.05) is 30.3 Å². The van der Waals surface area contributed by atoms with Gasteiger partial charge in [0.15, 0.2) is 11.5 Å². The zero-order valence-corrected chi connectivity index (χ0v) is 14.0. The van der Waals surface area contributed by atoms with Crippen molar-refractivity contribution in [3.63, 3.8) is 0 Å². The molecule has 1 N–H and O–H groups in total. The summed E-state index contributed by atoms with van der Waals surface area (Å²) in [5, 5.41) is 8.95. The van der Waals surface area contributed by atoms with Gasteiger partial charge in [-0.15, -0.1) is 0 Å². The first-order valence-electron chi connectivity index (χ1n) is 7.74. The Morgan fingerprint density at radius 1 is 0.960 bits per heavy atom. The summed E-state index contributed by atoms with van der Waals surface area (Å²) in [6.45, 7) is 0. The largest absolute Gasteiger partial charge is 0.493 e. The van der Waals surface area contributed by atoms with Crippen LogP contribution in [0.1, 0.15) is 21.7 Å². The number of furan rings is 1. The number of methoxy groups -OCH3 is 2. The lowest BCUT2D eigenvalue weighted by Gasteiger charge is -2.08. The number of carbonyl (C=O) groups is 1. The van der Waals surface area contributed by atoms with E-state index in [2.05, 4.69) is 0 Å². The molecule has 0 unspecified atom stereocenters. The standard InChI is InChI=1S/C20H18O5/c1-23-18-9-3-13(12-19(18)24-2)11-16-8-10-17(25-16)14-4-6-15(7-5-14)20(21)22/h3-10,12H,11H2,1-2H3,(H,21,22). The molecule has 0 aliphatic heterocycles. The van der Waals surface area contributed by atoms with Crippen LogP contribution in [0.4, 0.5) is 0 Å². The van der Waals surface area contributed by atoms with Crippen LogP contribution in [0, 0.1) is 0 Å². The number of aromatic carboxylic acids is 1. The Labute approximate surface area is 145 Å². The molecule has 5 nitrogen and oxygen atoms in total. The van der Waals surface area contributed by atoms with Crippen LogP contribution >= 0.6 is 0 Å². The monoisotopic (exact) mass is 338 g/mol. The second kappa shape index (κ2) is 7.13. The van der Waals surface area contributed by atoms with Crippen molar-refractivity contribution < 1.29 is 23.8 Å². The molecule has 5 heteroatoms. The average Bonchev–Trinajstić information content (AvgIpc) is 3.10. The summed E-state index contributed by atoms with van der Waals surface area (Å²) in [7, 11) is 3.21. The first-order valence-corrected chi connectivity index (χ1v) is 7.74. The lowest BCUT2D eigenvalue weighted by Crippen LogP contribution is -1.94. The third kappa shape index (κ3) is 3.66. The molecule has 3 aromatic rings. The fourth-order valence-electron chi connectivity index (χ4n) is 2.60. The van der Waals surface area contributed by atoms with Gasteiger partial charge in [0.2, 0.25) is 0 Å². The minimum Gasteiger partial charge on any atom is -0.493 e. The zero-order valence-electron chi connectivity index (χ0n) is 14.0. The number of ether oxygens (including phenoxy) is 2. The molecule has 1 aromatic heterocycles. The maximum atomic E-state index is 10.9. The minimum absolute atomic E-state index is 0.251. The van der Waals surface area contributed by atoms with E-state index < -0.39 is 5.97 Å². The minimum atomic E-state index is -0.944.